The van der Waals surface area contributed by atoms with Crippen LogP contribution in [0.1, 0.15) is 12.5 Å². The van der Waals surface area contributed by atoms with E-state index in [2.05, 4.69) is 0 Å². The molecular weight excluding hydrogens is 717 g/mol. The number of rotatable bonds is 16. The molecule has 0 heterocycles. The first-order valence-electron chi connectivity index (χ1n) is 13.3. The van der Waals surface area contributed by atoms with E-state index in [1.807, 2.05) is 0 Å². The van der Waals surface area contributed by atoms with Crippen molar-refractivity contribution in [3.8, 4) is 5.75 Å². The van der Waals surface area contributed by atoms with E-state index in [1.54, 1.807) is 5.32 Å². The molecule has 0 aliphatic carbocycles. The Morgan fingerprint density at radius 1 is 0.796 bits per heavy atom. The number of carbonyl (C=O) groups is 2. The van der Waals surface area contributed by atoms with Crippen LogP contribution in [0, 0.1) is 11.6 Å². The summed E-state index contributed by atoms with van der Waals surface area (Å²) in [6.07, 6.45) is -9.02. The third-order valence-electron chi connectivity index (χ3n) is 6.46. The van der Waals surface area contributed by atoms with Gasteiger partial charge in [-0.2, -0.15) is 57.1 Å². The van der Waals surface area contributed by atoms with Crippen molar-refractivity contribution in [2.75, 3.05) is 31.6 Å². The van der Waals surface area contributed by atoms with Gasteiger partial charge in [-0.1, -0.05) is 12.1 Å². The first kappa shape index (κ1) is 41.1. The predicted octanol–water partition coefficient (Wildman–Crippen LogP) is 7.65. The van der Waals surface area contributed by atoms with Crippen LogP contribution >= 0.6 is 0 Å². The summed E-state index contributed by atoms with van der Waals surface area (Å²) < 4.78 is 214. The first-order valence-corrected chi connectivity index (χ1v) is 13.3. The smallest absolute Gasteiger partial charge is 0.460 e. The van der Waals surface area contributed by atoms with Crippen molar-refractivity contribution in [1.82, 2.24) is 4.90 Å². The van der Waals surface area contributed by atoms with Crippen molar-refractivity contribution in [2.45, 2.75) is 55.2 Å². The maximum Gasteiger partial charge on any atom is 0.460 e. The molecule has 1 atom stereocenters. The van der Waals surface area contributed by atoms with Gasteiger partial charge in [0, 0.05) is 24.8 Å². The molecule has 0 fully saturated rings. The van der Waals surface area contributed by atoms with Crippen molar-refractivity contribution in [2.24, 2.45) is 0 Å². The Hall–Kier alpha value is -4.11. The molecule has 0 bridgehead atoms. The van der Waals surface area contributed by atoms with E-state index in [1.165, 1.54) is 19.1 Å². The van der Waals surface area contributed by atoms with Crippen molar-refractivity contribution in [1.29, 1.82) is 0 Å². The fourth-order valence-electron chi connectivity index (χ4n) is 3.80. The number of amides is 2. The second-order valence-corrected chi connectivity index (χ2v) is 9.96. The number of nitrogens with one attached hydrogen (secondary N) is 1. The van der Waals surface area contributed by atoms with Gasteiger partial charge < -0.3 is 24.8 Å². The normalized spacial score (nSPS) is 14.0. The van der Waals surface area contributed by atoms with Gasteiger partial charge in [0.25, 0.3) is 0 Å². The van der Waals surface area contributed by atoms with E-state index in [4.69, 9.17) is 14.6 Å². The highest BCUT2D eigenvalue weighted by Gasteiger charge is 2.90. The minimum absolute atomic E-state index is 0.0451. The largest absolute Gasteiger partial charge is 0.492 e. The van der Waals surface area contributed by atoms with Crippen LogP contribution in [0.5, 0.6) is 5.75 Å². The molecule has 2 rings (SSSR count). The Bertz CT molecular complexity index is 1450. The molecule has 276 valence electrons. The van der Waals surface area contributed by atoms with Gasteiger partial charge in [0.15, 0.2) is 17.7 Å². The van der Waals surface area contributed by atoms with Crippen molar-refractivity contribution >= 4 is 17.7 Å². The topological polar surface area (TPSA) is 88.1 Å². The average Bonchev–Trinajstić information content (AvgIpc) is 2.98. The number of carboxylic acids is 1. The lowest BCUT2D eigenvalue weighted by Crippen LogP contribution is -2.71. The van der Waals surface area contributed by atoms with E-state index in [9.17, 15) is 75.4 Å². The monoisotopic (exact) mass is 740 g/mol. The molecule has 2 aromatic carbocycles. The number of alkyl halides is 13. The van der Waals surface area contributed by atoms with Gasteiger partial charge in [0.05, 0.1) is 13.1 Å². The summed E-state index contributed by atoms with van der Waals surface area (Å²) in [7, 11) is 0. The van der Waals surface area contributed by atoms with Crippen molar-refractivity contribution < 1.29 is 90.0 Å². The highest BCUT2D eigenvalue weighted by molar-refractivity contribution is 5.89. The number of ether oxygens (including phenoxy) is 2. The van der Waals surface area contributed by atoms with E-state index in [0.717, 1.165) is 12.1 Å². The zero-order valence-corrected chi connectivity index (χ0v) is 24.4. The lowest BCUT2D eigenvalue weighted by molar-refractivity contribution is -0.439. The highest BCUT2D eigenvalue weighted by atomic mass is 19.4. The number of carbonyl (C=O) groups excluding carboxylic acids is 1. The van der Waals surface area contributed by atoms with E-state index < -0.39 is 95.8 Å². The van der Waals surface area contributed by atoms with Crippen LogP contribution in [0.25, 0.3) is 0 Å². The lowest BCUT2D eigenvalue weighted by atomic mass is 9.93. The van der Waals surface area contributed by atoms with Crippen LogP contribution < -0.4 is 10.1 Å². The molecule has 0 aromatic heterocycles. The Balaban J connectivity index is 2.36. The predicted molar refractivity (Wildman–Crippen MR) is 136 cm³/mol. The second kappa shape index (κ2) is 14.8. The van der Waals surface area contributed by atoms with Crippen LogP contribution in [0.15, 0.2) is 42.5 Å². The Labute approximate surface area is 265 Å². The van der Waals surface area contributed by atoms with E-state index in [-0.39, 0.29) is 24.8 Å². The molecule has 2 aromatic rings. The molecule has 1 unspecified atom stereocenters. The maximum absolute atomic E-state index is 14.7. The van der Waals surface area contributed by atoms with Crippen molar-refractivity contribution in [3.63, 3.8) is 0 Å². The molecule has 2 amide bonds. The van der Waals surface area contributed by atoms with Crippen LogP contribution in [-0.2, 0) is 16.0 Å². The summed E-state index contributed by atoms with van der Waals surface area (Å²) in [5, 5.41) is 10.7. The fraction of sp³-hybridized carbons (Fsp3) is 0.481. The number of anilines is 1. The van der Waals surface area contributed by atoms with E-state index in [0.29, 0.717) is 17.7 Å². The summed E-state index contributed by atoms with van der Waals surface area (Å²) in [5.74, 6) is -43.2. The van der Waals surface area contributed by atoms with Gasteiger partial charge in [0.1, 0.15) is 12.4 Å². The van der Waals surface area contributed by atoms with Crippen LogP contribution in [0.4, 0.5) is 76.3 Å². The van der Waals surface area contributed by atoms with Crippen LogP contribution in [-0.4, -0.2) is 90.2 Å². The van der Waals surface area contributed by atoms with Crippen molar-refractivity contribution in [3.05, 3.63) is 59.7 Å². The van der Waals surface area contributed by atoms with Gasteiger partial charge in [0.2, 0.25) is 0 Å². The lowest BCUT2D eigenvalue weighted by Gasteiger charge is -2.40. The SMILES string of the molecule is CCOC(Cc1ccc(OCCN(CC(F)(F)C(F)(F)C(F)(F)C(F)(F)C(F)(F)C(F)(F)F)C(=O)Nc2ccc(F)c(F)c2)cc1)C(=O)O. The second-order valence-electron chi connectivity index (χ2n) is 9.96. The number of nitrogens with zero attached hydrogens (tertiary/aromatic N) is 1. The molecular formula is C27H23F15N2O5. The number of hydrogen-bond acceptors (Lipinski definition) is 4. The molecule has 2 N–H and O–H groups in total. The molecule has 0 aliphatic rings. The maximum atomic E-state index is 14.7. The third kappa shape index (κ3) is 8.74. The molecule has 0 radical (unpaired) electrons. The third-order valence-corrected chi connectivity index (χ3v) is 6.46. The van der Waals surface area contributed by atoms with Gasteiger partial charge in [-0.3, -0.25) is 0 Å². The summed E-state index contributed by atoms with van der Waals surface area (Å²) in [4.78, 5) is 23.3. The minimum atomic E-state index is -8.16. The molecule has 0 spiro atoms. The summed E-state index contributed by atoms with van der Waals surface area (Å²) in [6.45, 7) is -3.85. The van der Waals surface area contributed by atoms with Crippen LogP contribution in [0.2, 0.25) is 0 Å². The Morgan fingerprint density at radius 3 is 1.84 bits per heavy atom. The number of aliphatic carboxylic acids is 1. The molecule has 7 nitrogen and oxygen atoms in total. The fourth-order valence-corrected chi connectivity index (χ4v) is 3.80. The number of urea groups is 1. The zero-order valence-electron chi connectivity index (χ0n) is 24.4. The van der Waals surface area contributed by atoms with Gasteiger partial charge in [-0.15, -0.1) is 0 Å². The number of benzene rings is 2. The van der Waals surface area contributed by atoms with E-state index >= 15 is 0 Å². The Kier molecular flexibility index (Phi) is 12.4. The van der Waals surface area contributed by atoms with Gasteiger partial charge in [-0.05, 0) is 36.8 Å². The zero-order chi connectivity index (χ0) is 37.8. The molecule has 0 aliphatic heterocycles. The molecule has 22 heteroatoms. The quantitative estimate of drug-likeness (QED) is 0.173. The Morgan fingerprint density at radius 2 is 1.35 bits per heavy atom. The summed E-state index contributed by atoms with van der Waals surface area (Å²) in [5.41, 5.74) is -0.412. The average molecular weight is 740 g/mol. The summed E-state index contributed by atoms with van der Waals surface area (Å²) >= 11 is 0. The van der Waals surface area contributed by atoms with Crippen LogP contribution in [0.3, 0.4) is 0 Å². The number of carboxylic acid groups (broad SMARTS) is 1. The summed E-state index contributed by atoms with van der Waals surface area (Å²) in [6, 6.07) is 4.04. The van der Waals surface area contributed by atoms with Gasteiger partial charge >= 0.3 is 47.8 Å². The molecule has 0 saturated carbocycles. The minimum Gasteiger partial charge on any atom is -0.492 e. The highest BCUT2D eigenvalue weighted by Crippen LogP contribution is 2.60. The van der Waals surface area contributed by atoms with Gasteiger partial charge in [-0.25, -0.2) is 18.4 Å². The molecule has 0 saturated heterocycles. The molecule has 49 heavy (non-hydrogen) atoms. The number of hydrogen-bond donors (Lipinski definition) is 2. The standard InChI is InChI=1S/C27H23F15N2O5/c1-2-48-19(20(45)46)11-14-3-6-16(7-4-14)49-10-9-44(21(47)43-15-5-8-17(28)18(29)12-15)13-22(30,31)23(32,33)24(34,35)25(36,37)26(38,39)27(40,41)42/h3-8,12,19H,2,9-11,13H2,1H3,(H,43,47)(H,45,46). The number of halogens is 15. The first-order chi connectivity index (χ1) is 22.2.